The van der Waals surface area contributed by atoms with E-state index < -0.39 is 0 Å². The molecule has 2 rings (SSSR count). The molecule has 0 saturated carbocycles. The molecule has 3 nitrogen and oxygen atoms in total. The molecule has 1 aromatic carbocycles. The summed E-state index contributed by atoms with van der Waals surface area (Å²) in [6.07, 6.45) is 0. The standard InChI is InChI=1S/C15H15NO2S2/c1-11(17)13-7-8-14(20-13)15(18)16-9-10-19-12-5-3-2-4-6-12/h2-8H,9-10H2,1H3,(H,16,18). The van der Waals surface area contributed by atoms with Gasteiger partial charge in [-0.25, -0.2) is 0 Å². The van der Waals surface area contributed by atoms with Crippen molar-refractivity contribution in [2.45, 2.75) is 11.8 Å². The number of rotatable bonds is 6. The smallest absolute Gasteiger partial charge is 0.261 e. The fraction of sp³-hybridized carbons (Fsp3) is 0.200. The summed E-state index contributed by atoms with van der Waals surface area (Å²) in [4.78, 5) is 25.4. The lowest BCUT2D eigenvalue weighted by atomic mass is 10.3. The van der Waals surface area contributed by atoms with E-state index >= 15 is 0 Å². The van der Waals surface area contributed by atoms with Gasteiger partial charge >= 0.3 is 0 Å². The maximum atomic E-state index is 11.9. The normalized spacial score (nSPS) is 10.2. The molecule has 0 aliphatic heterocycles. The van der Waals surface area contributed by atoms with Gasteiger partial charge in [-0.15, -0.1) is 23.1 Å². The SMILES string of the molecule is CC(=O)c1ccc(C(=O)NCCSc2ccccc2)s1. The minimum Gasteiger partial charge on any atom is -0.350 e. The average Bonchev–Trinajstić information content (AvgIpc) is 2.94. The molecule has 0 aliphatic carbocycles. The first-order valence-electron chi connectivity index (χ1n) is 6.23. The molecule has 1 heterocycles. The third kappa shape index (κ3) is 4.21. The molecule has 5 heteroatoms. The minimum absolute atomic E-state index is 0.00585. The van der Waals surface area contributed by atoms with Crippen molar-refractivity contribution in [1.82, 2.24) is 5.32 Å². The molecular weight excluding hydrogens is 290 g/mol. The third-order valence-corrected chi connectivity index (χ3v) is 4.77. The second-order valence-corrected chi connectivity index (χ2v) is 6.39. The molecule has 0 radical (unpaired) electrons. The fourth-order valence-corrected chi connectivity index (χ4v) is 3.19. The van der Waals surface area contributed by atoms with Crippen LogP contribution in [0.3, 0.4) is 0 Å². The highest BCUT2D eigenvalue weighted by atomic mass is 32.2. The zero-order chi connectivity index (χ0) is 14.4. The maximum absolute atomic E-state index is 11.9. The van der Waals surface area contributed by atoms with Gasteiger partial charge in [-0.2, -0.15) is 0 Å². The van der Waals surface area contributed by atoms with Crippen LogP contribution < -0.4 is 5.32 Å². The maximum Gasteiger partial charge on any atom is 0.261 e. The highest BCUT2D eigenvalue weighted by Crippen LogP contribution is 2.18. The number of hydrogen-bond acceptors (Lipinski definition) is 4. The van der Waals surface area contributed by atoms with E-state index in [1.807, 2.05) is 30.3 Å². The Kier molecular flexibility index (Phi) is 5.38. The van der Waals surface area contributed by atoms with Gasteiger partial charge in [-0.05, 0) is 31.2 Å². The molecule has 1 aromatic heterocycles. The summed E-state index contributed by atoms with van der Waals surface area (Å²) in [7, 11) is 0. The van der Waals surface area contributed by atoms with Gasteiger partial charge in [0.15, 0.2) is 5.78 Å². The fourth-order valence-electron chi connectivity index (χ4n) is 1.59. The topological polar surface area (TPSA) is 46.2 Å². The number of benzene rings is 1. The van der Waals surface area contributed by atoms with Crippen LogP contribution in [0.5, 0.6) is 0 Å². The minimum atomic E-state index is -0.115. The number of hydrogen-bond donors (Lipinski definition) is 1. The third-order valence-electron chi connectivity index (χ3n) is 2.58. The quantitative estimate of drug-likeness (QED) is 0.505. The molecule has 0 fully saturated rings. The molecule has 0 spiro atoms. The molecule has 104 valence electrons. The highest BCUT2D eigenvalue weighted by Gasteiger charge is 2.10. The average molecular weight is 305 g/mol. The summed E-state index contributed by atoms with van der Waals surface area (Å²) in [6.45, 7) is 2.11. The number of thioether (sulfide) groups is 1. The Balaban J connectivity index is 1.76. The first-order chi connectivity index (χ1) is 9.66. The number of carbonyl (C=O) groups is 2. The molecule has 0 atom stereocenters. The largest absolute Gasteiger partial charge is 0.350 e. The van der Waals surface area contributed by atoms with Crippen molar-refractivity contribution in [3.8, 4) is 0 Å². The lowest BCUT2D eigenvalue weighted by molar-refractivity contribution is 0.0959. The van der Waals surface area contributed by atoms with Crippen LogP contribution in [0.2, 0.25) is 0 Å². The summed E-state index contributed by atoms with van der Waals surface area (Å²) < 4.78 is 0. The van der Waals surface area contributed by atoms with E-state index in [1.54, 1.807) is 23.9 Å². The van der Waals surface area contributed by atoms with Crippen molar-refractivity contribution in [3.63, 3.8) is 0 Å². The van der Waals surface area contributed by atoms with Gasteiger partial charge in [0.1, 0.15) is 0 Å². The molecular formula is C15H15NO2S2. The molecule has 1 N–H and O–H groups in total. The van der Waals surface area contributed by atoms with Crippen LogP contribution in [0, 0.1) is 0 Å². The van der Waals surface area contributed by atoms with E-state index in [0.29, 0.717) is 16.3 Å². The second kappa shape index (κ2) is 7.26. The second-order valence-electron chi connectivity index (χ2n) is 4.14. The highest BCUT2D eigenvalue weighted by molar-refractivity contribution is 7.99. The van der Waals surface area contributed by atoms with Crippen molar-refractivity contribution in [3.05, 3.63) is 52.2 Å². The number of ketones is 1. The first kappa shape index (κ1) is 14.8. The van der Waals surface area contributed by atoms with Crippen molar-refractivity contribution >= 4 is 34.8 Å². The number of carbonyl (C=O) groups excluding carboxylic acids is 2. The lowest BCUT2D eigenvalue weighted by Gasteiger charge is -2.03. The van der Waals surface area contributed by atoms with Crippen molar-refractivity contribution in [2.75, 3.05) is 12.3 Å². The van der Waals surface area contributed by atoms with Crippen molar-refractivity contribution in [1.29, 1.82) is 0 Å². The Labute approximate surface area is 126 Å². The van der Waals surface area contributed by atoms with Crippen LogP contribution >= 0.6 is 23.1 Å². The molecule has 2 aromatic rings. The summed E-state index contributed by atoms with van der Waals surface area (Å²) >= 11 is 2.94. The van der Waals surface area contributed by atoms with Gasteiger partial charge in [0.05, 0.1) is 9.75 Å². The van der Waals surface area contributed by atoms with Crippen LogP contribution in [0.1, 0.15) is 26.3 Å². The van der Waals surface area contributed by atoms with Crippen molar-refractivity contribution < 1.29 is 9.59 Å². The van der Waals surface area contributed by atoms with Gasteiger partial charge in [0.25, 0.3) is 5.91 Å². The lowest BCUT2D eigenvalue weighted by Crippen LogP contribution is -2.24. The Hall–Kier alpha value is -1.59. The van der Waals surface area contributed by atoms with E-state index in [9.17, 15) is 9.59 Å². The predicted molar refractivity (Wildman–Crippen MR) is 83.8 cm³/mol. The molecule has 0 aliphatic rings. The Morgan fingerprint density at radius 1 is 1.10 bits per heavy atom. The summed E-state index contributed by atoms with van der Waals surface area (Å²) in [5.74, 6) is 0.700. The van der Waals surface area contributed by atoms with Gasteiger partial charge in [-0.3, -0.25) is 9.59 Å². The molecule has 1 amide bonds. The van der Waals surface area contributed by atoms with E-state index in [2.05, 4.69) is 5.32 Å². The van der Waals surface area contributed by atoms with Gasteiger partial charge in [0, 0.05) is 17.2 Å². The van der Waals surface area contributed by atoms with Crippen LogP contribution in [0.25, 0.3) is 0 Å². The Morgan fingerprint density at radius 2 is 1.80 bits per heavy atom. The van der Waals surface area contributed by atoms with Gasteiger partial charge in [0.2, 0.25) is 0 Å². The summed E-state index contributed by atoms with van der Waals surface area (Å²) in [5, 5.41) is 2.86. The molecule has 20 heavy (non-hydrogen) atoms. The molecule has 0 unspecified atom stereocenters. The van der Waals surface area contributed by atoms with E-state index in [1.165, 1.54) is 23.2 Å². The summed E-state index contributed by atoms with van der Waals surface area (Å²) in [5.41, 5.74) is 0. The Morgan fingerprint density at radius 3 is 2.45 bits per heavy atom. The number of thiophene rings is 1. The first-order valence-corrected chi connectivity index (χ1v) is 8.04. The zero-order valence-corrected chi connectivity index (χ0v) is 12.7. The van der Waals surface area contributed by atoms with Crippen LogP contribution in [-0.4, -0.2) is 24.0 Å². The van der Waals surface area contributed by atoms with Crippen LogP contribution in [0.15, 0.2) is 47.4 Å². The summed E-state index contributed by atoms with van der Waals surface area (Å²) in [6, 6.07) is 13.5. The monoisotopic (exact) mass is 305 g/mol. The molecule has 0 saturated heterocycles. The van der Waals surface area contributed by atoms with Crippen LogP contribution in [-0.2, 0) is 0 Å². The van der Waals surface area contributed by atoms with Gasteiger partial charge in [-0.1, -0.05) is 18.2 Å². The Bertz CT molecular complexity index is 593. The predicted octanol–water partition coefficient (Wildman–Crippen LogP) is 3.47. The molecule has 0 bridgehead atoms. The van der Waals surface area contributed by atoms with E-state index in [-0.39, 0.29) is 11.7 Å². The van der Waals surface area contributed by atoms with E-state index in [0.717, 1.165) is 5.75 Å². The van der Waals surface area contributed by atoms with Crippen LogP contribution in [0.4, 0.5) is 0 Å². The number of nitrogens with one attached hydrogen (secondary N) is 1. The van der Waals surface area contributed by atoms with Crippen molar-refractivity contribution in [2.24, 2.45) is 0 Å². The number of amides is 1. The van der Waals surface area contributed by atoms with E-state index in [4.69, 9.17) is 0 Å². The van der Waals surface area contributed by atoms with Gasteiger partial charge < -0.3 is 5.32 Å². The number of Topliss-reactive ketones (excluding diaryl/α,β-unsaturated/α-hetero) is 1. The zero-order valence-electron chi connectivity index (χ0n) is 11.1.